The SMILES string of the molecule is O=C(OCc1ccccc1)[C@@H]1C[C@](F)(Cn2ccnc2)CN1. The molecule has 2 atom stereocenters. The van der Waals surface area contributed by atoms with Crippen molar-refractivity contribution in [3.8, 4) is 0 Å². The van der Waals surface area contributed by atoms with Crippen LogP contribution in [0, 0.1) is 0 Å². The summed E-state index contributed by atoms with van der Waals surface area (Å²) in [6.45, 7) is 0.525. The summed E-state index contributed by atoms with van der Waals surface area (Å²) in [6.07, 6.45) is 5.00. The van der Waals surface area contributed by atoms with Crippen molar-refractivity contribution in [2.45, 2.75) is 31.3 Å². The molecule has 0 amide bonds. The standard InChI is InChI=1S/C16H18FN3O2/c17-16(11-20-7-6-18-12-20)8-14(19-10-16)15(21)22-9-13-4-2-1-3-5-13/h1-7,12,14,19H,8-11H2/t14-,16+/m0/s1. The van der Waals surface area contributed by atoms with E-state index in [0.717, 1.165) is 5.56 Å². The topological polar surface area (TPSA) is 56.2 Å². The Morgan fingerprint density at radius 2 is 2.27 bits per heavy atom. The number of ether oxygens (including phenoxy) is 1. The van der Waals surface area contributed by atoms with Gasteiger partial charge in [-0.05, 0) is 5.56 Å². The first-order chi connectivity index (χ1) is 10.6. The Bertz CT molecular complexity index is 618. The molecule has 1 aromatic carbocycles. The summed E-state index contributed by atoms with van der Waals surface area (Å²) in [5, 5.41) is 2.91. The minimum atomic E-state index is -1.46. The Balaban J connectivity index is 1.52. The lowest BCUT2D eigenvalue weighted by molar-refractivity contribution is -0.147. The zero-order chi connectivity index (χ0) is 15.4. The Morgan fingerprint density at radius 1 is 1.45 bits per heavy atom. The molecule has 1 aliphatic rings. The van der Waals surface area contributed by atoms with Gasteiger partial charge >= 0.3 is 5.97 Å². The van der Waals surface area contributed by atoms with Crippen LogP contribution in [0.1, 0.15) is 12.0 Å². The van der Waals surface area contributed by atoms with Gasteiger partial charge < -0.3 is 14.6 Å². The van der Waals surface area contributed by atoms with E-state index in [1.807, 2.05) is 30.3 Å². The van der Waals surface area contributed by atoms with Gasteiger partial charge in [0.25, 0.3) is 0 Å². The maximum Gasteiger partial charge on any atom is 0.323 e. The van der Waals surface area contributed by atoms with Crippen LogP contribution < -0.4 is 5.32 Å². The molecule has 2 heterocycles. The van der Waals surface area contributed by atoms with Crippen LogP contribution in [0.4, 0.5) is 4.39 Å². The van der Waals surface area contributed by atoms with Crippen molar-refractivity contribution in [2.75, 3.05) is 6.54 Å². The summed E-state index contributed by atoms with van der Waals surface area (Å²) in [6, 6.07) is 8.83. The first-order valence-corrected chi connectivity index (χ1v) is 7.23. The molecule has 0 bridgehead atoms. The molecule has 0 radical (unpaired) electrons. The van der Waals surface area contributed by atoms with Gasteiger partial charge in [-0.3, -0.25) is 4.79 Å². The molecule has 1 saturated heterocycles. The third kappa shape index (κ3) is 3.51. The molecule has 1 aliphatic heterocycles. The Hall–Kier alpha value is -2.21. The Kier molecular flexibility index (Phi) is 4.20. The number of hydrogen-bond acceptors (Lipinski definition) is 4. The largest absolute Gasteiger partial charge is 0.460 e. The summed E-state index contributed by atoms with van der Waals surface area (Å²) in [5.74, 6) is -0.408. The van der Waals surface area contributed by atoms with Crippen LogP contribution >= 0.6 is 0 Å². The number of carbonyl (C=O) groups excluding carboxylic acids is 1. The highest BCUT2D eigenvalue weighted by Crippen LogP contribution is 2.26. The van der Waals surface area contributed by atoms with E-state index in [1.165, 1.54) is 0 Å². The van der Waals surface area contributed by atoms with Gasteiger partial charge in [-0.2, -0.15) is 0 Å². The van der Waals surface area contributed by atoms with Gasteiger partial charge in [0.2, 0.25) is 0 Å². The van der Waals surface area contributed by atoms with Crippen LogP contribution in [-0.2, 0) is 22.7 Å². The molecule has 2 aromatic rings. The zero-order valence-corrected chi connectivity index (χ0v) is 12.1. The normalized spacial score (nSPS) is 24.3. The van der Waals surface area contributed by atoms with Crippen LogP contribution in [0.2, 0.25) is 0 Å². The molecule has 0 spiro atoms. The average Bonchev–Trinajstić information content (AvgIpc) is 3.16. The monoisotopic (exact) mass is 303 g/mol. The minimum absolute atomic E-state index is 0.110. The fourth-order valence-electron chi connectivity index (χ4n) is 2.64. The number of imidazole rings is 1. The highest BCUT2D eigenvalue weighted by molar-refractivity contribution is 5.76. The van der Waals surface area contributed by atoms with E-state index in [2.05, 4.69) is 10.3 Å². The van der Waals surface area contributed by atoms with Crippen molar-refractivity contribution in [3.05, 3.63) is 54.6 Å². The first kappa shape index (κ1) is 14.7. The third-order valence-corrected chi connectivity index (χ3v) is 3.77. The van der Waals surface area contributed by atoms with E-state index in [4.69, 9.17) is 4.74 Å². The fourth-order valence-corrected chi connectivity index (χ4v) is 2.64. The van der Waals surface area contributed by atoms with Gasteiger partial charge in [0.1, 0.15) is 18.3 Å². The number of alkyl halides is 1. The lowest BCUT2D eigenvalue weighted by Gasteiger charge is -2.18. The molecular weight excluding hydrogens is 285 g/mol. The summed E-state index contributed by atoms with van der Waals surface area (Å²) < 4.78 is 21.7. The van der Waals surface area contributed by atoms with Gasteiger partial charge in [-0.1, -0.05) is 30.3 Å². The molecule has 1 aromatic heterocycles. The third-order valence-electron chi connectivity index (χ3n) is 3.77. The zero-order valence-electron chi connectivity index (χ0n) is 12.1. The number of esters is 1. The second-order valence-corrected chi connectivity index (χ2v) is 5.62. The van der Waals surface area contributed by atoms with E-state index in [9.17, 15) is 9.18 Å². The molecule has 0 unspecified atom stereocenters. The van der Waals surface area contributed by atoms with Crippen LogP contribution in [-0.4, -0.2) is 33.8 Å². The highest BCUT2D eigenvalue weighted by Gasteiger charge is 2.43. The predicted molar refractivity (Wildman–Crippen MR) is 78.7 cm³/mol. The second-order valence-electron chi connectivity index (χ2n) is 5.62. The van der Waals surface area contributed by atoms with Gasteiger partial charge in [0.15, 0.2) is 0 Å². The Labute approximate surface area is 128 Å². The summed E-state index contributed by atoms with van der Waals surface area (Å²) in [4.78, 5) is 15.9. The van der Waals surface area contributed by atoms with E-state index in [1.54, 1.807) is 23.3 Å². The summed E-state index contributed by atoms with van der Waals surface area (Å²) in [7, 11) is 0. The van der Waals surface area contributed by atoms with E-state index in [0.29, 0.717) is 0 Å². The summed E-state index contributed by atoms with van der Waals surface area (Å²) in [5.41, 5.74) is -0.546. The molecule has 0 aliphatic carbocycles. The molecule has 1 N–H and O–H groups in total. The number of hydrogen-bond donors (Lipinski definition) is 1. The number of halogens is 1. The van der Waals surface area contributed by atoms with E-state index in [-0.39, 0.29) is 26.1 Å². The van der Waals surface area contributed by atoms with E-state index < -0.39 is 17.7 Å². The number of nitrogens with one attached hydrogen (secondary N) is 1. The summed E-state index contributed by atoms with van der Waals surface area (Å²) >= 11 is 0. The highest BCUT2D eigenvalue weighted by atomic mass is 19.1. The number of benzene rings is 1. The molecular formula is C16H18FN3O2. The fraction of sp³-hybridized carbons (Fsp3) is 0.375. The van der Waals surface area contributed by atoms with Crippen LogP contribution in [0.15, 0.2) is 49.1 Å². The predicted octanol–water partition coefficient (Wildman–Crippen LogP) is 1.70. The molecule has 116 valence electrons. The molecule has 0 saturated carbocycles. The molecule has 22 heavy (non-hydrogen) atoms. The first-order valence-electron chi connectivity index (χ1n) is 7.23. The number of rotatable bonds is 5. The lowest BCUT2D eigenvalue weighted by atomic mass is 10.0. The van der Waals surface area contributed by atoms with Crippen LogP contribution in [0.5, 0.6) is 0 Å². The van der Waals surface area contributed by atoms with Crippen LogP contribution in [0.3, 0.4) is 0 Å². The maximum atomic E-state index is 14.7. The lowest BCUT2D eigenvalue weighted by Crippen LogP contribution is -2.32. The molecule has 5 nitrogen and oxygen atoms in total. The average molecular weight is 303 g/mol. The van der Waals surface area contributed by atoms with Crippen molar-refractivity contribution in [1.29, 1.82) is 0 Å². The smallest absolute Gasteiger partial charge is 0.323 e. The minimum Gasteiger partial charge on any atom is -0.460 e. The number of carbonyl (C=O) groups is 1. The number of aromatic nitrogens is 2. The molecule has 6 heteroatoms. The number of nitrogens with zero attached hydrogens (tertiary/aromatic N) is 2. The molecule has 3 rings (SSSR count). The van der Waals surface area contributed by atoms with Crippen molar-refractivity contribution in [1.82, 2.24) is 14.9 Å². The molecule has 1 fully saturated rings. The van der Waals surface area contributed by atoms with Gasteiger partial charge in [0, 0.05) is 25.4 Å². The van der Waals surface area contributed by atoms with Gasteiger partial charge in [-0.25, -0.2) is 9.37 Å². The maximum absolute atomic E-state index is 14.7. The van der Waals surface area contributed by atoms with Crippen molar-refractivity contribution >= 4 is 5.97 Å². The van der Waals surface area contributed by atoms with E-state index >= 15 is 0 Å². The van der Waals surface area contributed by atoms with Crippen molar-refractivity contribution < 1.29 is 13.9 Å². The van der Waals surface area contributed by atoms with Crippen molar-refractivity contribution in [3.63, 3.8) is 0 Å². The van der Waals surface area contributed by atoms with Gasteiger partial charge in [0.05, 0.1) is 12.9 Å². The quantitative estimate of drug-likeness (QED) is 0.854. The van der Waals surface area contributed by atoms with Gasteiger partial charge in [-0.15, -0.1) is 0 Å². The van der Waals surface area contributed by atoms with Crippen molar-refractivity contribution in [2.24, 2.45) is 0 Å². The Morgan fingerprint density at radius 3 is 3.00 bits per heavy atom. The van der Waals surface area contributed by atoms with Crippen LogP contribution in [0.25, 0.3) is 0 Å². The second kappa shape index (κ2) is 6.27.